The minimum Gasteiger partial charge on any atom is -0.493 e. The quantitative estimate of drug-likeness (QED) is 0.710. The maximum absolute atomic E-state index is 11.8. The van der Waals surface area contributed by atoms with Gasteiger partial charge in [0.25, 0.3) is 0 Å². The van der Waals surface area contributed by atoms with Gasteiger partial charge >= 0.3 is 0 Å². The highest BCUT2D eigenvalue weighted by Gasteiger charge is 2.12. The number of ether oxygens (including phenoxy) is 3. The molecule has 0 aliphatic heterocycles. The summed E-state index contributed by atoms with van der Waals surface area (Å²) < 4.78 is 16.0. The van der Waals surface area contributed by atoms with Crippen LogP contribution in [0.3, 0.4) is 0 Å². The van der Waals surface area contributed by atoms with E-state index in [1.54, 1.807) is 20.1 Å². The molecule has 0 fully saturated rings. The molecule has 0 radical (unpaired) electrons. The van der Waals surface area contributed by atoms with Crippen LogP contribution in [-0.2, 0) is 16.1 Å². The Morgan fingerprint density at radius 1 is 1.43 bits per heavy atom. The van der Waals surface area contributed by atoms with Gasteiger partial charge in [-0.25, -0.2) is 0 Å². The van der Waals surface area contributed by atoms with Gasteiger partial charge in [-0.2, -0.15) is 0 Å². The molecular formula is C16H23NO4. The number of carbonyl (C=O) groups excluding carboxylic acids is 1. The third-order valence-corrected chi connectivity index (χ3v) is 2.83. The molecule has 1 aromatic carbocycles. The monoisotopic (exact) mass is 293 g/mol. The van der Waals surface area contributed by atoms with E-state index in [0.717, 1.165) is 5.56 Å². The lowest BCUT2D eigenvalue weighted by molar-refractivity contribution is -0.131. The zero-order valence-corrected chi connectivity index (χ0v) is 12.8. The first-order valence-corrected chi connectivity index (χ1v) is 6.92. The largest absolute Gasteiger partial charge is 0.493 e. The summed E-state index contributed by atoms with van der Waals surface area (Å²) in [6, 6.07) is 5.57. The minimum absolute atomic E-state index is 0.162. The molecule has 5 heteroatoms. The molecule has 0 saturated carbocycles. The Labute approximate surface area is 125 Å². The van der Waals surface area contributed by atoms with E-state index in [1.807, 2.05) is 25.1 Å². The minimum atomic E-state index is -0.507. The molecule has 0 aliphatic rings. The topological polar surface area (TPSA) is 56.8 Å². The molecule has 1 aromatic rings. The number of benzene rings is 1. The van der Waals surface area contributed by atoms with Gasteiger partial charge in [-0.05, 0) is 31.5 Å². The Bertz CT molecular complexity index is 473. The van der Waals surface area contributed by atoms with Crippen molar-refractivity contribution in [3.8, 4) is 11.5 Å². The van der Waals surface area contributed by atoms with E-state index in [1.165, 1.54) is 0 Å². The van der Waals surface area contributed by atoms with Crippen LogP contribution in [0.15, 0.2) is 30.9 Å². The highest BCUT2D eigenvalue weighted by atomic mass is 16.5. The molecule has 5 nitrogen and oxygen atoms in total. The molecule has 0 aliphatic carbocycles. The second-order valence-corrected chi connectivity index (χ2v) is 4.40. The second-order valence-electron chi connectivity index (χ2n) is 4.40. The average molecular weight is 293 g/mol. The Hall–Kier alpha value is -2.01. The van der Waals surface area contributed by atoms with E-state index in [0.29, 0.717) is 31.3 Å². The molecule has 1 rings (SSSR count). The zero-order valence-electron chi connectivity index (χ0n) is 12.8. The summed E-state index contributed by atoms with van der Waals surface area (Å²) >= 11 is 0. The fourth-order valence-electron chi connectivity index (χ4n) is 1.72. The molecule has 1 atom stereocenters. The van der Waals surface area contributed by atoms with Gasteiger partial charge in [0.15, 0.2) is 11.5 Å². The summed E-state index contributed by atoms with van der Waals surface area (Å²) in [6.45, 7) is 8.50. The van der Waals surface area contributed by atoms with Gasteiger partial charge in [0.1, 0.15) is 6.10 Å². The van der Waals surface area contributed by atoms with E-state index in [-0.39, 0.29) is 5.91 Å². The summed E-state index contributed by atoms with van der Waals surface area (Å²) in [7, 11) is 1.59. The molecule has 0 unspecified atom stereocenters. The number of rotatable bonds is 9. The van der Waals surface area contributed by atoms with Crippen LogP contribution < -0.4 is 14.8 Å². The lowest BCUT2D eigenvalue weighted by Gasteiger charge is -2.14. The van der Waals surface area contributed by atoms with Crippen molar-refractivity contribution in [3.05, 3.63) is 36.4 Å². The fourth-order valence-corrected chi connectivity index (χ4v) is 1.72. The fraction of sp³-hybridized carbons (Fsp3) is 0.438. The SMILES string of the molecule is C=CCO[C@@H](C)C(=O)NCc1ccc(OCC)c(OC)c1. The number of methoxy groups -OCH3 is 1. The van der Waals surface area contributed by atoms with Crippen LogP contribution in [-0.4, -0.2) is 32.3 Å². The second kappa shape index (κ2) is 9.02. The molecule has 0 saturated heterocycles. The Kier molecular flexibility index (Phi) is 7.32. The van der Waals surface area contributed by atoms with Crippen molar-refractivity contribution in [2.45, 2.75) is 26.5 Å². The summed E-state index contributed by atoms with van der Waals surface area (Å²) in [6.07, 6.45) is 1.11. The summed E-state index contributed by atoms with van der Waals surface area (Å²) in [5.74, 6) is 1.18. The van der Waals surface area contributed by atoms with Crippen LogP contribution in [0, 0.1) is 0 Å². The number of carbonyl (C=O) groups is 1. The third kappa shape index (κ3) is 5.47. The molecular weight excluding hydrogens is 270 g/mol. The molecule has 116 valence electrons. The van der Waals surface area contributed by atoms with Crippen molar-refractivity contribution in [3.63, 3.8) is 0 Å². The van der Waals surface area contributed by atoms with Gasteiger partial charge in [0, 0.05) is 6.54 Å². The van der Waals surface area contributed by atoms with Crippen LogP contribution in [0.25, 0.3) is 0 Å². The highest BCUT2D eigenvalue weighted by Crippen LogP contribution is 2.27. The molecule has 21 heavy (non-hydrogen) atoms. The first-order chi connectivity index (χ1) is 10.1. The van der Waals surface area contributed by atoms with Crippen molar-refractivity contribution < 1.29 is 19.0 Å². The number of hydrogen-bond donors (Lipinski definition) is 1. The van der Waals surface area contributed by atoms with Gasteiger partial charge in [-0.3, -0.25) is 4.79 Å². The third-order valence-electron chi connectivity index (χ3n) is 2.83. The van der Waals surface area contributed by atoms with E-state index < -0.39 is 6.10 Å². The van der Waals surface area contributed by atoms with Crippen LogP contribution in [0.5, 0.6) is 11.5 Å². The van der Waals surface area contributed by atoms with Crippen molar-refractivity contribution in [1.82, 2.24) is 5.32 Å². The molecule has 0 spiro atoms. The first-order valence-electron chi connectivity index (χ1n) is 6.92. The van der Waals surface area contributed by atoms with E-state index >= 15 is 0 Å². The summed E-state index contributed by atoms with van der Waals surface area (Å²) in [5.41, 5.74) is 0.930. The predicted molar refractivity (Wildman–Crippen MR) is 81.6 cm³/mol. The smallest absolute Gasteiger partial charge is 0.249 e. The standard InChI is InChI=1S/C16H23NO4/c1-5-9-21-12(3)16(18)17-11-13-7-8-14(20-6-2)15(10-13)19-4/h5,7-8,10,12H,1,6,9,11H2,2-4H3,(H,17,18)/t12-/m0/s1. The van der Waals surface area contributed by atoms with Crippen LogP contribution in [0.4, 0.5) is 0 Å². The molecule has 0 heterocycles. The molecule has 1 N–H and O–H groups in total. The predicted octanol–water partition coefficient (Wildman–Crippen LogP) is 2.30. The number of hydrogen-bond acceptors (Lipinski definition) is 4. The van der Waals surface area contributed by atoms with Crippen LogP contribution >= 0.6 is 0 Å². The number of nitrogens with one attached hydrogen (secondary N) is 1. The summed E-state index contributed by atoms with van der Waals surface area (Å²) in [5, 5.41) is 2.82. The van der Waals surface area contributed by atoms with Crippen molar-refractivity contribution in [2.75, 3.05) is 20.3 Å². The van der Waals surface area contributed by atoms with Crippen LogP contribution in [0.2, 0.25) is 0 Å². The van der Waals surface area contributed by atoms with Gasteiger partial charge in [-0.1, -0.05) is 12.1 Å². The van der Waals surface area contributed by atoms with Crippen molar-refractivity contribution >= 4 is 5.91 Å². The van der Waals surface area contributed by atoms with Gasteiger partial charge in [-0.15, -0.1) is 6.58 Å². The van der Waals surface area contributed by atoms with E-state index in [2.05, 4.69) is 11.9 Å². The zero-order chi connectivity index (χ0) is 15.7. The van der Waals surface area contributed by atoms with Gasteiger partial charge in [0.05, 0.1) is 20.3 Å². The van der Waals surface area contributed by atoms with Crippen molar-refractivity contribution in [1.29, 1.82) is 0 Å². The Morgan fingerprint density at radius 3 is 2.81 bits per heavy atom. The van der Waals surface area contributed by atoms with E-state index in [9.17, 15) is 4.79 Å². The van der Waals surface area contributed by atoms with Gasteiger partial charge in [0.2, 0.25) is 5.91 Å². The van der Waals surface area contributed by atoms with Crippen molar-refractivity contribution in [2.24, 2.45) is 0 Å². The lowest BCUT2D eigenvalue weighted by atomic mass is 10.2. The Balaban J connectivity index is 2.59. The molecule has 0 aromatic heterocycles. The Morgan fingerprint density at radius 2 is 2.19 bits per heavy atom. The average Bonchev–Trinajstić information content (AvgIpc) is 2.51. The molecule has 0 bridgehead atoms. The number of amides is 1. The first kappa shape index (κ1) is 17.0. The molecule has 1 amide bonds. The summed E-state index contributed by atoms with van der Waals surface area (Å²) in [4.78, 5) is 11.8. The maximum Gasteiger partial charge on any atom is 0.249 e. The normalized spacial score (nSPS) is 11.6. The van der Waals surface area contributed by atoms with E-state index in [4.69, 9.17) is 14.2 Å². The van der Waals surface area contributed by atoms with Gasteiger partial charge < -0.3 is 19.5 Å². The maximum atomic E-state index is 11.8. The lowest BCUT2D eigenvalue weighted by Crippen LogP contribution is -2.34. The highest BCUT2D eigenvalue weighted by molar-refractivity contribution is 5.80. The van der Waals surface area contributed by atoms with Crippen LogP contribution in [0.1, 0.15) is 19.4 Å².